The van der Waals surface area contributed by atoms with Crippen molar-refractivity contribution in [3.8, 4) is 11.5 Å². The fourth-order valence-corrected chi connectivity index (χ4v) is 5.12. The number of aliphatic hydroxyl groups excluding tert-OH is 1. The van der Waals surface area contributed by atoms with Gasteiger partial charge in [-0.1, -0.05) is 6.07 Å². The standard InChI is InChI=1S/C31H47NO12/c1-2-41-31-25(5-9-35-13-16-38-12-8-33)26(24-3-4-27-28(21-24)43-23-42-27)22-29(44-31)30(34)32-6-10-36-14-17-39-19-20-40-18-15-37-11-7-32/h3-4,21-22,25-26,31,33H,2,5-20,23H2,1H3/t25-,26+,31+/m0/s1. The Kier molecular flexibility index (Phi) is 15.5. The number of carbonyl (C=O) groups is 1. The summed E-state index contributed by atoms with van der Waals surface area (Å²) in [5.41, 5.74) is 0.951. The van der Waals surface area contributed by atoms with Crippen LogP contribution in [0.1, 0.15) is 24.8 Å². The van der Waals surface area contributed by atoms with Gasteiger partial charge in [0, 0.05) is 38.1 Å². The minimum absolute atomic E-state index is 0.0263. The smallest absolute Gasteiger partial charge is 0.288 e. The molecule has 13 heteroatoms. The van der Waals surface area contributed by atoms with Gasteiger partial charge in [0.15, 0.2) is 17.3 Å². The van der Waals surface area contributed by atoms with Crippen LogP contribution in [0.5, 0.6) is 11.5 Å². The summed E-state index contributed by atoms with van der Waals surface area (Å²) < 4.78 is 57.2. The van der Waals surface area contributed by atoms with E-state index in [0.29, 0.717) is 110 Å². The first-order valence-corrected chi connectivity index (χ1v) is 15.5. The average molecular weight is 626 g/mol. The largest absolute Gasteiger partial charge is 0.459 e. The molecule has 1 fully saturated rings. The highest BCUT2D eigenvalue weighted by molar-refractivity contribution is 5.91. The van der Waals surface area contributed by atoms with Gasteiger partial charge in [0.2, 0.25) is 13.1 Å². The molecule has 0 bridgehead atoms. The summed E-state index contributed by atoms with van der Waals surface area (Å²) in [7, 11) is 0. The molecule has 1 aromatic rings. The molecule has 3 aliphatic rings. The molecule has 0 aliphatic carbocycles. The zero-order valence-corrected chi connectivity index (χ0v) is 25.7. The van der Waals surface area contributed by atoms with Crippen LogP contribution in [0.25, 0.3) is 0 Å². The van der Waals surface area contributed by atoms with E-state index >= 15 is 0 Å². The van der Waals surface area contributed by atoms with Gasteiger partial charge in [-0.25, -0.2) is 0 Å². The molecule has 0 saturated carbocycles. The van der Waals surface area contributed by atoms with Gasteiger partial charge < -0.3 is 57.4 Å². The molecule has 0 radical (unpaired) electrons. The third-order valence-corrected chi connectivity index (χ3v) is 7.33. The van der Waals surface area contributed by atoms with E-state index in [4.69, 9.17) is 52.5 Å². The second-order valence-corrected chi connectivity index (χ2v) is 10.3. The molecule has 44 heavy (non-hydrogen) atoms. The molecule has 0 unspecified atom stereocenters. The molecule has 1 N–H and O–H groups in total. The molecule has 0 spiro atoms. The summed E-state index contributed by atoms with van der Waals surface area (Å²) in [6.45, 7) is 8.13. The van der Waals surface area contributed by atoms with Crippen molar-refractivity contribution in [2.45, 2.75) is 25.6 Å². The van der Waals surface area contributed by atoms with Crippen molar-refractivity contribution in [1.29, 1.82) is 0 Å². The number of amides is 1. The van der Waals surface area contributed by atoms with Gasteiger partial charge in [-0.2, -0.15) is 0 Å². The van der Waals surface area contributed by atoms with E-state index in [1.54, 1.807) is 4.90 Å². The van der Waals surface area contributed by atoms with E-state index in [2.05, 4.69) is 0 Å². The second-order valence-electron chi connectivity index (χ2n) is 10.3. The molecule has 13 nitrogen and oxygen atoms in total. The quantitative estimate of drug-likeness (QED) is 0.339. The number of nitrogens with zero attached hydrogens (tertiary/aromatic N) is 1. The Bertz CT molecular complexity index is 992. The summed E-state index contributed by atoms with van der Waals surface area (Å²) in [5, 5.41) is 8.89. The number of carbonyl (C=O) groups excluding carboxylic acids is 1. The molecule has 1 aromatic carbocycles. The van der Waals surface area contributed by atoms with Gasteiger partial charge in [-0.05, 0) is 37.1 Å². The van der Waals surface area contributed by atoms with Crippen LogP contribution in [0.4, 0.5) is 0 Å². The monoisotopic (exact) mass is 625 g/mol. The maximum Gasteiger partial charge on any atom is 0.288 e. The van der Waals surface area contributed by atoms with Crippen molar-refractivity contribution in [3.05, 3.63) is 35.6 Å². The van der Waals surface area contributed by atoms with Crippen LogP contribution >= 0.6 is 0 Å². The van der Waals surface area contributed by atoms with Gasteiger partial charge in [-0.3, -0.25) is 4.79 Å². The Hall–Kier alpha value is -2.49. The van der Waals surface area contributed by atoms with Crippen LogP contribution in [0.15, 0.2) is 30.0 Å². The lowest BCUT2D eigenvalue weighted by Gasteiger charge is -2.38. The molecule has 0 aromatic heterocycles. The van der Waals surface area contributed by atoms with Crippen molar-refractivity contribution in [1.82, 2.24) is 4.90 Å². The number of rotatable bonds is 12. The predicted octanol–water partition coefficient (Wildman–Crippen LogP) is 1.72. The number of benzene rings is 1. The summed E-state index contributed by atoms with van der Waals surface area (Å²) in [5.74, 6) is 0.910. The molecular weight excluding hydrogens is 578 g/mol. The van der Waals surface area contributed by atoms with Gasteiger partial charge in [0.25, 0.3) is 5.91 Å². The summed E-state index contributed by atoms with van der Waals surface area (Å²) in [6, 6.07) is 5.82. The summed E-state index contributed by atoms with van der Waals surface area (Å²) in [6.07, 6.45) is 1.81. The van der Waals surface area contributed by atoms with Crippen LogP contribution in [-0.4, -0.2) is 135 Å². The first-order valence-electron chi connectivity index (χ1n) is 15.5. The van der Waals surface area contributed by atoms with E-state index in [1.165, 1.54) is 0 Å². The molecule has 1 saturated heterocycles. The van der Waals surface area contributed by atoms with Crippen LogP contribution in [0.3, 0.4) is 0 Å². The highest BCUT2D eigenvalue weighted by Gasteiger charge is 2.39. The topological polar surface area (TPSA) is 133 Å². The summed E-state index contributed by atoms with van der Waals surface area (Å²) >= 11 is 0. The van der Waals surface area contributed by atoms with Gasteiger partial charge in [0.05, 0.1) is 79.3 Å². The first kappa shape index (κ1) is 34.4. The van der Waals surface area contributed by atoms with Crippen molar-refractivity contribution in [2.75, 3.05) is 112 Å². The van der Waals surface area contributed by atoms with E-state index in [1.807, 2.05) is 31.2 Å². The minimum atomic E-state index is -0.682. The highest BCUT2D eigenvalue weighted by Crippen LogP contribution is 2.42. The Morgan fingerprint density at radius 2 is 1.50 bits per heavy atom. The molecule has 4 rings (SSSR count). The van der Waals surface area contributed by atoms with Crippen LogP contribution in [0, 0.1) is 5.92 Å². The number of allylic oxidation sites excluding steroid dienone is 1. The van der Waals surface area contributed by atoms with Crippen molar-refractivity contribution in [3.63, 3.8) is 0 Å². The maximum absolute atomic E-state index is 14.0. The maximum atomic E-state index is 14.0. The molecular formula is C31H47NO12. The fraction of sp³-hybridized carbons (Fsp3) is 0.710. The molecule has 3 heterocycles. The zero-order valence-electron chi connectivity index (χ0n) is 25.7. The van der Waals surface area contributed by atoms with E-state index in [0.717, 1.165) is 5.56 Å². The first-order chi connectivity index (χ1) is 21.7. The van der Waals surface area contributed by atoms with E-state index in [-0.39, 0.29) is 43.5 Å². The third-order valence-electron chi connectivity index (χ3n) is 7.33. The number of ether oxygens (including phenoxy) is 10. The molecule has 3 atom stereocenters. The van der Waals surface area contributed by atoms with Gasteiger partial charge in [-0.15, -0.1) is 0 Å². The lowest BCUT2D eigenvalue weighted by molar-refractivity contribution is -0.172. The molecule has 1 amide bonds. The van der Waals surface area contributed by atoms with Crippen LogP contribution in [0.2, 0.25) is 0 Å². The lowest BCUT2D eigenvalue weighted by Crippen LogP contribution is -2.43. The van der Waals surface area contributed by atoms with E-state index < -0.39 is 6.29 Å². The Balaban J connectivity index is 1.51. The van der Waals surface area contributed by atoms with E-state index in [9.17, 15) is 4.79 Å². The van der Waals surface area contributed by atoms with Gasteiger partial charge >= 0.3 is 0 Å². The molecule has 248 valence electrons. The fourth-order valence-electron chi connectivity index (χ4n) is 5.12. The van der Waals surface area contributed by atoms with Gasteiger partial charge in [0.1, 0.15) is 0 Å². The van der Waals surface area contributed by atoms with Crippen molar-refractivity contribution < 1.29 is 57.3 Å². The minimum Gasteiger partial charge on any atom is -0.459 e. The third kappa shape index (κ3) is 10.8. The normalized spacial score (nSPS) is 23.7. The summed E-state index contributed by atoms with van der Waals surface area (Å²) in [4.78, 5) is 15.7. The van der Waals surface area contributed by atoms with Crippen LogP contribution < -0.4 is 9.47 Å². The Labute approximate surface area is 259 Å². The Morgan fingerprint density at radius 1 is 0.864 bits per heavy atom. The SMILES string of the molecule is CCO[C@@H]1OC(C(=O)N2CCOCCOCCOCCOCC2)=C[C@H](c2ccc3c(c2)OCO3)[C@@H]1CCOCCOCCO. The number of hydrogen-bond donors (Lipinski definition) is 1. The second kappa shape index (κ2) is 19.8. The Morgan fingerprint density at radius 3 is 2.16 bits per heavy atom. The lowest BCUT2D eigenvalue weighted by atomic mass is 9.81. The zero-order chi connectivity index (χ0) is 30.8. The van der Waals surface area contributed by atoms with Crippen LogP contribution in [-0.2, 0) is 42.7 Å². The predicted molar refractivity (Wildman–Crippen MR) is 157 cm³/mol. The number of hydrogen-bond acceptors (Lipinski definition) is 12. The number of fused-ring (bicyclic) bond motifs is 1. The average Bonchev–Trinajstić information content (AvgIpc) is 3.51. The highest BCUT2D eigenvalue weighted by atomic mass is 16.7. The number of aliphatic hydroxyl groups is 1. The van der Waals surface area contributed by atoms with Crippen molar-refractivity contribution in [2.24, 2.45) is 5.92 Å². The molecule has 3 aliphatic heterocycles. The van der Waals surface area contributed by atoms with Crippen molar-refractivity contribution >= 4 is 5.91 Å².